The van der Waals surface area contributed by atoms with E-state index >= 15 is 0 Å². The number of amides is 2. The largest absolute Gasteiger partial charge is 0.465 e. The molecule has 1 aliphatic heterocycles. The van der Waals surface area contributed by atoms with Crippen LogP contribution in [0.4, 0.5) is 4.79 Å². The molecule has 9 heteroatoms. The van der Waals surface area contributed by atoms with E-state index in [0.717, 1.165) is 0 Å². The van der Waals surface area contributed by atoms with Crippen molar-refractivity contribution in [3.05, 3.63) is 0 Å². The van der Waals surface area contributed by atoms with Crippen LogP contribution in [0.2, 0.25) is 0 Å². The summed E-state index contributed by atoms with van der Waals surface area (Å²) in [6, 6.07) is -0.954. The van der Waals surface area contributed by atoms with Gasteiger partial charge in [-0.15, -0.1) is 0 Å². The second-order valence-corrected chi connectivity index (χ2v) is 8.81. The SMILES string of the molecule is CCS(=O)(=O)C[C@@H]1CC(NC(=O)O)CC[C@@H]1N1CCC(N)C1=O. The number of likely N-dealkylation sites (tertiary alicyclic amines) is 1. The summed E-state index contributed by atoms with van der Waals surface area (Å²) >= 11 is 0. The highest BCUT2D eigenvalue weighted by molar-refractivity contribution is 7.91. The van der Waals surface area contributed by atoms with Crippen LogP contribution in [0, 0.1) is 5.92 Å². The second-order valence-electron chi connectivity index (χ2n) is 6.41. The maximum atomic E-state index is 12.2. The maximum absolute atomic E-state index is 12.2. The molecule has 1 heterocycles. The number of hydrogen-bond acceptors (Lipinski definition) is 5. The minimum Gasteiger partial charge on any atom is -0.465 e. The van der Waals surface area contributed by atoms with Gasteiger partial charge in [-0.3, -0.25) is 4.79 Å². The van der Waals surface area contributed by atoms with Gasteiger partial charge < -0.3 is 21.1 Å². The van der Waals surface area contributed by atoms with Gasteiger partial charge >= 0.3 is 6.09 Å². The summed E-state index contributed by atoms with van der Waals surface area (Å²) in [6.07, 6.45) is 1.09. The van der Waals surface area contributed by atoms with Gasteiger partial charge in [0.25, 0.3) is 0 Å². The van der Waals surface area contributed by atoms with Crippen molar-refractivity contribution in [1.82, 2.24) is 10.2 Å². The van der Waals surface area contributed by atoms with Crippen LogP contribution in [-0.4, -0.2) is 66.6 Å². The first-order chi connectivity index (χ1) is 10.7. The van der Waals surface area contributed by atoms with E-state index < -0.39 is 22.0 Å². The second kappa shape index (κ2) is 7.04. The minimum absolute atomic E-state index is 0.0228. The summed E-state index contributed by atoms with van der Waals surface area (Å²) in [7, 11) is -3.21. The summed E-state index contributed by atoms with van der Waals surface area (Å²) in [5, 5.41) is 11.3. The number of nitrogens with one attached hydrogen (secondary N) is 1. The Morgan fingerprint density at radius 3 is 2.61 bits per heavy atom. The lowest BCUT2D eigenvalue weighted by Crippen LogP contribution is -2.52. The molecule has 0 spiro atoms. The normalized spacial score (nSPS) is 32.1. The van der Waals surface area contributed by atoms with Crippen LogP contribution in [0.25, 0.3) is 0 Å². The van der Waals surface area contributed by atoms with E-state index in [1.807, 2.05) is 0 Å². The fourth-order valence-corrected chi connectivity index (χ4v) is 4.89. The van der Waals surface area contributed by atoms with Crippen LogP contribution in [0.5, 0.6) is 0 Å². The average molecular weight is 347 g/mol. The predicted molar refractivity (Wildman–Crippen MR) is 84.7 cm³/mol. The molecule has 1 saturated carbocycles. The van der Waals surface area contributed by atoms with E-state index in [1.54, 1.807) is 11.8 Å². The number of nitrogens with zero attached hydrogens (tertiary/aromatic N) is 1. The number of hydrogen-bond donors (Lipinski definition) is 3. The van der Waals surface area contributed by atoms with Gasteiger partial charge in [-0.25, -0.2) is 13.2 Å². The molecule has 0 radical (unpaired) electrons. The van der Waals surface area contributed by atoms with Crippen molar-refractivity contribution in [2.75, 3.05) is 18.1 Å². The maximum Gasteiger partial charge on any atom is 0.404 e. The Labute approximate surface area is 136 Å². The van der Waals surface area contributed by atoms with Crippen molar-refractivity contribution >= 4 is 21.8 Å². The number of sulfone groups is 1. The molecule has 0 aromatic rings. The van der Waals surface area contributed by atoms with Gasteiger partial charge in [0.2, 0.25) is 5.91 Å². The lowest BCUT2D eigenvalue weighted by molar-refractivity contribution is -0.132. The fourth-order valence-electron chi connectivity index (χ4n) is 3.64. The van der Waals surface area contributed by atoms with Gasteiger partial charge in [-0.05, 0) is 31.6 Å². The van der Waals surface area contributed by atoms with E-state index in [0.29, 0.717) is 32.2 Å². The Morgan fingerprint density at radius 1 is 1.39 bits per heavy atom. The van der Waals surface area contributed by atoms with Gasteiger partial charge in [0.05, 0.1) is 11.8 Å². The van der Waals surface area contributed by atoms with E-state index in [-0.39, 0.29) is 35.4 Å². The molecule has 23 heavy (non-hydrogen) atoms. The zero-order chi connectivity index (χ0) is 17.2. The molecular formula is C14H25N3O5S. The molecule has 0 aromatic heterocycles. The monoisotopic (exact) mass is 347 g/mol. The van der Waals surface area contributed by atoms with Crippen LogP contribution in [-0.2, 0) is 14.6 Å². The molecule has 1 aliphatic carbocycles. The molecule has 0 bridgehead atoms. The topological polar surface area (TPSA) is 130 Å². The van der Waals surface area contributed by atoms with E-state index in [2.05, 4.69) is 5.32 Å². The number of carbonyl (C=O) groups is 2. The summed E-state index contributed by atoms with van der Waals surface area (Å²) in [5.74, 6) is -0.371. The third-order valence-corrected chi connectivity index (χ3v) is 6.68. The highest BCUT2D eigenvalue weighted by atomic mass is 32.2. The zero-order valence-corrected chi connectivity index (χ0v) is 14.1. The molecular weight excluding hydrogens is 322 g/mol. The standard InChI is InChI=1S/C14H25N3O5S/c1-2-23(21,22)8-9-7-10(16-14(19)20)3-4-12(9)17-6-5-11(15)13(17)18/h9-12,16H,2-8,15H2,1H3,(H,19,20)/t9-,10?,11?,12-/m0/s1. The van der Waals surface area contributed by atoms with Gasteiger partial charge in [0.15, 0.2) is 0 Å². The molecule has 2 amide bonds. The Hall–Kier alpha value is -1.35. The predicted octanol–water partition coefficient (Wildman–Crippen LogP) is -0.214. The summed E-state index contributed by atoms with van der Waals surface area (Å²) < 4.78 is 24.1. The van der Waals surface area contributed by atoms with Crippen molar-refractivity contribution < 1.29 is 23.1 Å². The third-order valence-electron chi connectivity index (χ3n) is 4.86. The first kappa shape index (κ1) is 18.0. The zero-order valence-electron chi connectivity index (χ0n) is 13.3. The van der Waals surface area contributed by atoms with Gasteiger partial charge in [0, 0.05) is 24.4 Å². The van der Waals surface area contributed by atoms with Crippen molar-refractivity contribution in [3.63, 3.8) is 0 Å². The van der Waals surface area contributed by atoms with Gasteiger partial charge in [-0.1, -0.05) is 6.92 Å². The number of carboxylic acid groups (broad SMARTS) is 1. The first-order valence-electron chi connectivity index (χ1n) is 7.99. The summed E-state index contributed by atoms with van der Waals surface area (Å²) in [6.45, 7) is 2.14. The fraction of sp³-hybridized carbons (Fsp3) is 0.857. The van der Waals surface area contributed by atoms with Crippen molar-refractivity contribution in [2.45, 2.75) is 50.7 Å². The highest BCUT2D eigenvalue weighted by Crippen LogP contribution is 2.32. The minimum atomic E-state index is -3.21. The lowest BCUT2D eigenvalue weighted by atomic mass is 9.81. The van der Waals surface area contributed by atoms with Crippen LogP contribution >= 0.6 is 0 Å². The van der Waals surface area contributed by atoms with E-state index in [9.17, 15) is 18.0 Å². The quantitative estimate of drug-likeness (QED) is 0.631. The van der Waals surface area contributed by atoms with Crippen molar-refractivity contribution in [3.8, 4) is 0 Å². The lowest BCUT2D eigenvalue weighted by Gasteiger charge is -2.40. The van der Waals surface area contributed by atoms with Crippen molar-refractivity contribution in [1.29, 1.82) is 0 Å². The average Bonchev–Trinajstić information content (AvgIpc) is 2.79. The summed E-state index contributed by atoms with van der Waals surface area (Å²) in [5.41, 5.74) is 5.77. The molecule has 2 rings (SSSR count). The van der Waals surface area contributed by atoms with Crippen LogP contribution in [0.15, 0.2) is 0 Å². The van der Waals surface area contributed by atoms with Crippen LogP contribution in [0.1, 0.15) is 32.6 Å². The smallest absolute Gasteiger partial charge is 0.404 e. The first-order valence-corrected chi connectivity index (χ1v) is 9.81. The number of rotatable bonds is 5. The van der Waals surface area contributed by atoms with Crippen LogP contribution in [0.3, 0.4) is 0 Å². The number of nitrogens with two attached hydrogens (primary N) is 1. The number of carbonyl (C=O) groups excluding carboxylic acids is 1. The Kier molecular flexibility index (Phi) is 5.51. The molecule has 8 nitrogen and oxygen atoms in total. The molecule has 132 valence electrons. The molecule has 1 saturated heterocycles. The molecule has 2 unspecified atom stereocenters. The molecule has 4 N–H and O–H groups in total. The Balaban J connectivity index is 2.15. The van der Waals surface area contributed by atoms with E-state index in [1.165, 1.54) is 0 Å². The van der Waals surface area contributed by atoms with Crippen molar-refractivity contribution in [2.24, 2.45) is 11.7 Å². The molecule has 4 atom stereocenters. The highest BCUT2D eigenvalue weighted by Gasteiger charge is 2.42. The molecule has 2 fully saturated rings. The van der Waals surface area contributed by atoms with Crippen LogP contribution < -0.4 is 11.1 Å². The van der Waals surface area contributed by atoms with Gasteiger partial charge in [-0.2, -0.15) is 0 Å². The third kappa shape index (κ3) is 4.35. The Morgan fingerprint density at radius 2 is 2.09 bits per heavy atom. The van der Waals surface area contributed by atoms with Gasteiger partial charge in [0.1, 0.15) is 9.84 Å². The van der Waals surface area contributed by atoms with E-state index in [4.69, 9.17) is 10.8 Å². The summed E-state index contributed by atoms with van der Waals surface area (Å²) in [4.78, 5) is 24.7. The molecule has 0 aromatic carbocycles. The Bertz CT molecular complexity index is 565. The molecule has 2 aliphatic rings.